The third-order valence-electron chi connectivity index (χ3n) is 2.13. The Hall–Kier alpha value is -1.82. The summed E-state index contributed by atoms with van der Waals surface area (Å²) in [6, 6.07) is 5.46. The molecule has 17 heavy (non-hydrogen) atoms. The molecule has 0 radical (unpaired) electrons. The Kier molecular flexibility index (Phi) is 4.71. The molecule has 0 saturated carbocycles. The minimum Gasteiger partial charge on any atom is -0.497 e. The molecule has 1 aromatic rings. The normalized spacial score (nSPS) is 10.9. The molecule has 0 spiro atoms. The lowest BCUT2D eigenvalue weighted by Gasteiger charge is -2.10. The van der Waals surface area contributed by atoms with E-state index in [-0.39, 0.29) is 5.11 Å². The number of hydrazone groups is 1. The van der Waals surface area contributed by atoms with Gasteiger partial charge in [0, 0.05) is 5.56 Å². The molecule has 0 aliphatic rings. The van der Waals surface area contributed by atoms with Gasteiger partial charge < -0.3 is 15.2 Å². The average molecular weight is 253 g/mol. The van der Waals surface area contributed by atoms with Crippen LogP contribution in [0.2, 0.25) is 0 Å². The Morgan fingerprint density at radius 3 is 2.59 bits per heavy atom. The van der Waals surface area contributed by atoms with Gasteiger partial charge in [0.25, 0.3) is 0 Å². The molecule has 0 unspecified atom stereocenters. The molecule has 1 rings (SSSR count). The zero-order valence-corrected chi connectivity index (χ0v) is 10.8. The molecule has 6 heteroatoms. The van der Waals surface area contributed by atoms with E-state index in [1.165, 1.54) is 0 Å². The molecule has 0 heterocycles. The van der Waals surface area contributed by atoms with Crippen LogP contribution in [0, 0.1) is 0 Å². The fourth-order valence-electron chi connectivity index (χ4n) is 1.30. The largest absolute Gasteiger partial charge is 0.497 e. The Balaban J connectivity index is 3.08. The quantitative estimate of drug-likeness (QED) is 0.480. The fourth-order valence-corrected chi connectivity index (χ4v) is 1.34. The van der Waals surface area contributed by atoms with Crippen molar-refractivity contribution >= 4 is 23.0 Å². The Morgan fingerprint density at radius 2 is 2.06 bits per heavy atom. The number of nitrogens with two attached hydrogens (primary N) is 1. The van der Waals surface area contributed by atoms with Gasteiger partial charge in [0.05, 0.1) is 19.9 Å². The number of nitrogens with one attached hydrogen (secondary N) is 1. The van der Waals surface area contributed by atoms with Gasteiger partial charge in [-0.25, -0.2) is 0 Å². The van der Waals surface area contributed by atoms with Gasteiger partial charge in [-0.2, -0.15) is 5.10 Å². The zero-order chi connectivity index (χ0) is 12.8. The second kappa shape index (κ2) is 6.05. The number of rotatable bonds is 4. The third kappa shape index (κ3) is 3.60. The van der Waals surface area contributed by atoms with Crippen molar-refractivity contribution in [3.8, 4) is 11.5 Å². The van der Waals surface area contributed by atoms with Crippen LogP contribution < -0.4 is 20.6 Å². The van der Waals surface area contributed by atoms with Gasteiger partial charge in [-0.1, -0.05) is 0 Å². The van der Waals surface area contributed by atoms with E-state index < -0.39 is 0 Å². The number of nitrogens with zero attached hydrogens (tertiary/aromatic N) is 1. The first-order valence-electron chi connectivity index (χ1n) is 4.90. The molecule has 0 bridgehead atoms. The molecule has 0 amide bonds. The molecule has 0 aromatic heterocycles. The lowest BCUT2D eigenvalue weighted by Crippen LogP contribution is -2.25. The van der Waals surface area contributed by atoms with Gasteiger partial charge in [-0.15, -0.1) is 0 Å². The lowest BCUT2D eigenvalue weighted by molar-refractivity contribution is 0.402. The highest BCUT2D eigenvalue weighted by molar-refractivity contribution is 7.80. The molecule has 0 atom stereocenters. The van der Waals surface area contributed by atoms with Crippen LogP contribution in [0.5, 0.6) is 11.5 Å². The summed E-state index contributed by atoms with van der Waals surface area (Å²) in [5.41, 5.74) is 9.35. The van der Waals surface area contributed by atoms with Gasteiger partial charge in [0.1, 0.15) is 11.5 Å². The minimum atomic E-state index is 0.117. The van der Waals surface area contributed by atoms with E-state index in [0.29, 0.717) is 11.5 Å². The van der Waals surface area contributed by atoms with Gasteiger partial charge in [-0.05, 0) is 37.3 Å². The van der Waals surface area contributed by atoms with Crippen LogP contribution in [0.15, 0.2) is 23.3 Å². The van der Waals surface area contributed by atoms with Gasteiger partial charge in [0.2, 0.25) is 0 Å². The predicted octanol–water partition coefficient (Wildman–Crippen LogP) is 1.26. The number of hydrogen-bond acceptors (Lipinski definition) is 4. The van der Waals surface area contributed by atoms with Gasteiger partial charge >= 0.3 is 0 Å². The summed E-state index contributed by atoms with van der Waals surface area (Å²) in [4.78, 5) is 0. The topological polar surface area (TPSA) is 68.9 Å². The van der Waals surface area contributed by atoms with Crippen molar-refractivity contribution in [2.75, 3.05) is 14.2 Å². The average Bonchev–Trinajstić information content (AvgIpc) is 2.34. The maximum absolute atomic E-state index is 5.30. The summed E-state index contributed by atoms with van der Waals surface area (Å²) in [6.45, 7) is 1.82. The summed E-state index contributed by atoms with van der Waals surface area (Å²) < 4.78 is 10.4. The smallest absolute Gasteiger partial charge is 0.184 e. The van der Waals surface area contributed by atoms with Crippen molar-refractivity contribution in [2.24, 2.45) is 10.8 Å². The number of thiocarbonyl (C=S) groups is 1. The van der Waals surface area contributed by atoms with Crippen LogP contribution in [0.25, 0.3) is 0 Å². The highest BCUT2D eigenvalue weighted by Crippen LogP contribution is 2.24. The molecular formula is C11H15N3O2S. The van der Waals surface area contributed by atoms with E-state index in [2.05, 4.69) is 22.7 Å². The maximum atomic E-state index is 5.30. The van der Waals surface area contributed by atoms with Crippen LogP contribution in [0.1, 0.15) is 12.5 Å². The molecule has 0 aliphatic carbocycles. The third-order valence-corrected chi connectivity index (χ3v) is 2.22. The molecule has 0 aliphatic heterocycles. The molecule has 1 aromatic carbocycles. The molecule has 0 saturated heterocycles. The predicted molar refractivity (Wildman–Crippen MR) is 71.7 cm³/mol. The first-order chi connectivity index (χ1) is 8.08. The summed E-state index contributed by atoms with van der Waals surface area (Å²) in [5.74, 6) is 1.43. The van der Waals surface area contributed by atoms with Crippen LogP contribution in [0.3, 0.4) is 0 Å². The number of benzene rings is 1. The molecule has 3 N–H and O–H groups in total. The summed E-state index contributed by atoms with van der Waals surface area (Å²) in [5, 5.41) is 4.16. The monoisotopic (exact) mass is 253 g/mol. The first kappa shape index (κ1) is 13.2. The number of ether oxygens (including phenoxy) is 2. The summed E-state index contributed by atoms with van der Waals surface area (Å²) in [6.07, 6.45) is 0. The SMILES string of the molecule is COc1ccc(OC)c(/C(C)=N/NC(N)=S)c1. The standard InChI is InChI=1S/C11H15N3O2S/c1-7(13-14-11(12)17)9-6-8(15-2)4-5-10(9)16-3/h4-6H,1-3H3,(H3,12,14,17)/b13-7+. The molecule has 92 valence electrons. The fraction of sp³-hybridized carbons (Fsp3) is 0.273. The van der Waals surface area contributed by atoms with Crippen LogP contribution in [-0.2, 0) is 0 Å². The van der Waals surface area contributed by atoms with Crippen molar-refractivity contribution in [1.29, 1.82) is 0 Å². The number of methoxy groups -OCH3 is 2. The van der Waals surface area contributed by atoms with E-state index in [1.54, 1.807) is 14.2 Å². The van der Waals surface area contributed by atoms with Crippen LogP contribution >= 0.6 is 12.2 Å². The lowest BCUT2D eigenvalue weighted by atomic mass is 10.1. The van der Waals surface area contributed by atoms with E-state index in [9.17, 15) is 0 Å². The van der Waals surface area contributed by atoms with E-state index >= 15 is 0 Å². The Bertz CT molecular complexity index is 446. The summed E-state index contributed by atoms with van der Waals surface area (Å²) in [7, 11) is 3.20. The highest BCUT2D eigenvalue weighted by Gasteiger charge is 2.08. The van der Waals surface area contributed by atoms with E-state index in [1.807, 2.05) is 25.1 Å². The second-order valence-electron chi connectivity index (χ2n) is 3.24. The first-order valence-corrected chi connectivity index (χ1v) is 5.31. The zero-order valence-electron chi connectivity index (χ0n) is 9.98. The van der Waals surface area contributed by atoms with Crippen LogP contribution in [-0.4, -0.2) is 25.0 Å². The summed E-state index contributed by atoms with van der Waals surface area (Å²) >= 11 is 4.68. The molecule has 5 nitrogen and oxygen atoms in total. The van der Waals surface area contributed by atoms with Crippen molar-refractivity contribution in [1.82, 2.24) is 5.43 Å². The van der Waals surface area contributed by atoms with Crippen LogP contribution in [0.4, 0.5) is 0 Å². The van der Waals surface area contributed by atoms with Crippen molar-refractivity contribution in [3.05, 3.63) is 23.8 Å². The highest BCUT2D eigenvalue weighted by atomic mass is 32.1. The van der Waals surface area contributed by atoms with Gasteiger partial charge in [-0.3, -0.25) is 5.43 Å². The van der Waals surface area contributed by atoms with Crippen molar-refractivity contribution < 1.29 is 9.47 Å². The molecular weight excluding hydrogens is 238 g/mol. The Morgan fingerprint density at radius 1 is 1.35 bits per heavy atom. The minimum absolute atomic E-state index is 0.117. The van der Waals surface area contributed by atoms with E-state index in [4.69, 9.17) is 15.2 Å². The maximum Gasteiger partial charge on any atom is 0.184 e. The van der Waals surface area contributed by atoms with Crippen molar-refractivity contribution in [2.45, 2.75) is 6.92 Å². The second-order valence-corrected chi connectivity index (χ2v) is 3.68. The van der Waals surface area contributed by atoms with Gasteiger partial charge in [0.15, 0.2) is 5.11 Å². The Labute approximate surface area is 106 Å². The van der Waals surface area contributed by atoms with Crippen molar-refractivity contribution in [3.63, 3.8) is 0 Å². The van der Waals surface area contributed by atoms with E-state index in [0.717, 1.165) is 11.3 Å². The number of hydrogen-bond donors (Lipinski definition) is 2. The molecule has 0 fully saturated rings.